The van der Waals surface area contributed by atoms with Crippen molar-refractivity contribution in [2.24, 2.45) is 0 Å². The number of hydroxylamine groups is 2. The first-order valence-electron chi connectivity index (χ1n) is 11.5. The maximum Gasteiger partial charge on any atom is 0.410 e. The molecule has 14 heteroatoms. The number of alkyl halides is 3. The number of carbonyl (C=O) groups is 5. The highest BCUT2D eigenvalue weighted by Gasteiger charge is 2.58. The van der Waals surface area contributed by atoms with Gasteiger partial charge in [-0.3, -0.25) is 9.59 Å². The third-order valence-corrected chi connectivity index (χ3v) is 6.37. The fraction of sp³-hybridized carbons (Fsp3) is 0.522. The van der Waals surface area contributed by atoms with Crippen molar-refractivity contribution in [3.63, 3.8) is 0 Å². The smallest absolute Gasteiger partial charge is 0.410 e. The lowest BCUT2D eigenvalue weighted by molar-refractivity contribution is -0.185. The van der Waals surface area contributed by atoms with Crippen LogP contribution in [0.5, 0.6) is 0 Å². The Morgan fingerprint density at radius 2 is 1.54 bits per heavy atom. The molecule has 0 aliphatic carbocycles. The first-order valence-corrected chi connectivity index (χ1v) is 11.5. The molecular weight excluding hydrogens is 501 g/mol. The molecule has 3 heterocycles. The van der Waals surface area contributed by atoms with E-state index >= 15 is 0 Å². The Kier molecular flexibility index (Phi) is 6.32. The molecule has 0 spiro atoms. The van der Waals surface area contributed by atoms with Crippen LogP contribution in [-0.2, 0) is 14.4 Å². The number of nitrogens with one attached hydrogen (secondary N) is 1. The molecular formula is C23H25F3N4O7. The number of imide groups is 1. The standard InChI is InChI=1S/C23H25F3N4O7/c1-21(2,3)36-20(35)28-10-8-22(9-11-28,29-12-15(23(24,25)26)27-19(29)34)18(33)37-30-16(31)13-6-4-5-7-14(13)17(30)32/h4-7,15H,8-12H2,1-3H3,(H,27,34). The van der Waals surface area contributed by atoms with Gasteiger partial charge in [0, 0.05) is 13.1 Å². The fourth-order valence-corrected chi connectivity index (χ4v) is 4.48. The molecule has 0 radical (unpaired) electrons. The number of halogens is 3. The molecule has 0 bridgehead atoms. The summed E-state index contributed by atoms with van der Waals surface area (Å²) in [6, 6.07) is 2.34. The molecule has 37 heavy (non-hydrogen) atoms. The van der Waals surface area contributed by atoms with Crippen LogP contribution in [0.1, 0.15) is 54.3 Å². The van der Waals surface area contributed by atoms with Crippen LogP contribution in [0.25, 0.3) is 0 Å². The van der Waals surface area contributed by atoms with Crippen LogP contribution in [0.3, 0.4) is 0 Å². The summed E-state index contributed by atoms with van der Waals surface area (Å²) in [6.07, 6.45) is -6.11. The average Bonchev–Trinajstić information content (AvgIpc) is 3.32. The minimum absolute atomic E-state index is 0.00912. The van der Waals surface area contributed by atoms with E-state index in [0.717, 1.165) is 0 Å². The van der Waals surface area contributed by atoms with Gasteiger partial charge in [0.15, 0.2) is 0 Å². The minimum Gasteiger partial charge on any atom is -0.444 e. The number of benzene rings is 1. The van der Waals surface area contributed by atoms with Gasteiger partial charge in [-0.1, -0.05) is 17.2 Å². The maximum atomic E-state index is 13.5. The van der Waals surface area contributed by atoms with Crippen LogP contribution in [0.15, 0.2) is 24.3 Å². The number of amides is 5. The molecule has 11 nitrogen and oxygen atoms in total. The highest BCUT2D eigenvalue weighted by Crippen LogP contribution is 2.37. The monoisotopic (exact) mass is 526 g/mol. The molecule has 1 aromatic rings. The molecule has 4 rings (SSSR count). The van der Waals surface area contributed by atoms with Crippen molar-refractivity contribution in [2.75, 3.05) is 19.6 Å². The van der Waals surface area contributed by atoms with Crippen molar-refractivity contribution >= 4 is 29.9 Å². The third-order valence-electron chi connectivity index (χ3n) is 6.37. The zero-order valence-corrected chi connectivity index (χ0v) is 20.3. The Morgan fingerprint density at radius 1 is 1.00 bits per heavy atom. The van der Waals surface area contributed by atoms with Crippen molar-refractivity contribution in [3.8, 4) is 0 Å². The number of hydrogen-bond acceptors (Lipinski definition) is 7. The van der Waals surface area contributed by atoms with E-state index in [2.05, 4.69) is 0 Å². The Hall–Kier alpha value is -3.84. The van der Waals surface area contributed by atoms with Gasteiger partial charge in [-0.05, 0) is 45.7 Å². The molecule has 3 aliphatic heterocycles. The summed E-state index contributed by atoms with van der Waals surface area (Å²) < 4.78 is 45.5. The zero-order valence-electron chi connectivity index (χ0n) is 20.3. The van der Waals surface area contributed by atoms with Crippen molar-refractivity contribution in [3.05, 3.63) is 35.4 Å². The van der Waals surface area contributed by atoms with Crippen LogP contribution in [0.2, 0.25) is 0 Å². The minimum atomic E-state index is -4.78. The van der Waals surface area contributed by atoms with Gasteiger partial charge in [0.05, 0.1) is 17.7 Å². The molecule has 2 fully saturated rings. The van der Waals surface area contributed by atoms with E-state index in [1.54, 1.807) is 20.8 Å². The van der Waals surface area contributed by atoms with Crippen molar-refractivity contribution in [2.45, 2.75) is 57.0 Å². The Bertz CT molecular complexity index is 1120. The van der Waals surface area contributed by atoms with Crippen LogP contribution < -0.4 is 5.32 Å². The van der Waals surface area contributed by atoms with Gasteiger partial charge in [-0.25, -0.2) is 14.4 Å². The van der Waals surface area contributed by atoms with Gasteiger partial charge >= 0.3 is 24.3 Å². The topological polar surface area (TPSA) is 126 Å². The highest BCUT2D eigenvalue weighted by atomic mass is 19.4. The number of ether oxygens (including phenoxy) is 1. The summed E-state index contributed by atoms with van der Waals surface area (Å²) in [7, 11) is 0. The number of piperidine rings is 1. The maximum absolute atomic E-state index is 13.5. The summed E-state index contributed by atoms with van der Waals surface area (Å²) in [4.78, 5) is 71.2. The number of carbonyl (C=O) groups excluding carboxylic acids is 5. The second kappa shape index (κ2) is 8.92. The van der Waals surface area contributed by atoms with Gasteiger partial charge in [0.25, 0.3) is 11.8 Å². The van der Waals surface area contributed by atoms with E-state index in [4.69, 9.17) is 9.57 Å². The van der Waals surface area contributed by atoms with Crippen LogP contribution in [-0.4, -0.2) is 87.8 Å². The second-order valence-electron chi connectivity index (χ2n) is 9.98. The van der Waals surface area contributed by atoms with E-state index < -0.39 is 59.8 Å². The summed E-state index contributed by atoms with van der Waals surface area (Å²) in [5.74, 6) is -3.10. The van der Waals surface area contributed by atoms with Crippen molar-refractivity contribution in [1.82, 2.24) is 20.2 Å². The molecule has 1 N–H and O–H groups in total. The highest BCUT2D eigenvalue weighted by molar-refractivity contribution is 6.21. The lowest BCUT2D eigenvalue weighted by atomic mass is 9.85. The molecule has 0 saturated carbocycles. The molecule has 200 valence electrons. The number of fused-ring (bicyclic) bond motifs is 1. The van der Waals surface area contributed by atoms with E-state index in [-0.39, 0.29) is 42.1 Å². The number of nitrogens with zero attached hydrogens (tertiary/aromatic N) is 3. The largest absolute Gasteiger partial charge is 0.444 e. The Morgan fingerprint density at radius 3 is 2.00 bits per heavy atom. The van der Waals surface area contributed by atoms with E-state index in [9.17, 15) is 37.1 Å². The number of urea groups is 1. The number of likely N-dealkylation sites (tertiary alicyclic amines) is 1. The average molecular weight is 526 g/mol. The third kappa shape index (κ3) is 4.79. The van der Waals surface area contributed by atoms with E-state index in [0.29, 0.717) is 4.90 Å². The van der Waals surface area contributed by atoms with Crippen molar-refractivity contribution < 1.29 is 46.7 Å². The molecule has 5 amide bonds. The molecule has 1 unspecified atom stereocenters. The quantitative estimate of drug-likeness (QED) is 0.600. The van der Waals surface area contributed by atoms with E-state index in [1.807, 2.05) is 5.32 Å². The zero-order chi connectivity index (χ0) is 27.3. The molecule has 3 aliphatic rings. The van der Waals surface area contributed by atoms with E-state index in [1.165, 1.54) is 29.2 Å². The predicted molar refractivity (Wildman–Crippen MR) is 118 cm³/mol. The second-order valence-corrected chi connectivity index (χ2v) is 9.98. The van der Waals surface area contributed by atoms with Gasteiger partial charge in [0.1, 0.15) is 17.2 Å². The Labute approximate surface area is 209 Å². The van der Waals surface area contributed by atoms with Gasteiger partial charge in [-0.2, -0.15) is 13.2 Å². The van der Waals surface area contributed by atoms with Gasteiger partial charge in [-0.15, -0.1) is 0 Å². The first-order chi connectivity index (χ1) is 17.1. The van der Waals surface area contributed by atoms with Crippen LogP contribution in [0.4, 0.5) is 22.8 Å². The summed E-state index contributed by atoms with van der Waals surface area (Å²) in [5.41, 5.74) is -2.82. The molecule has 1 aromatic carbocycles. The predicted octanol–water partition coefficient (Wildman–Crippen LogP) is 2.47. The lowest BCUT2D eigenvalue weighted by Crippen LogP contribution is -2.63. The first kappa shape index (κ1) is 26.2. The summed E-state index contributed by atoms with van der Waals surface area (Å²) in [5, 5.41) is 2.05. The van der Waals surface area contributed by atoms with Crippen LogP contribution >= 0.6 is 0 Å². The summed E-state index contributed by atoms with van der Waals surface area (Å²) in [6.45, 7) is 3.75. The molecule has 1 atom stereocenters. The number of hydrogen-bond donors (Lipinski definition) is 1. The molecule has 2 saturated heterocycles. The van der Waals surface area contributed by atoms with Gasteiger partial charge < -0.3 is 24.7 Å². The van der Waals surface area contributed by atoms with Gasteiger partial charge in [0.2, 0.25) is 0 Å². The Balaban J connectivity index is 1.60. The molecule has 0 aromatic heterocycles. The SMILES string of the molecule is CC(C)(C)OC(=O)N1CCC(C(=O)ON2C(=O)c3ccccc3C2=O)(N2CC(C(F)(F)F)NC2=O)CC1. The fourth-order valence-electron chi connectivity index (χ4n) is 4.48. The normalized spacial score (nSPS) is 21.6. The lowest BCUT2D eigenvalue weighted by Gasteiger charge is -2.44. The van der Waals surface area contributed by atoms with Crippen molar-refractivity contribution in [1.29, 1.82) is 0 Å². The van der Waals surface area contributed by atoms with Crippen LogP contribution in [0, 0.1) is 0 Å². The summed E-state index contributed by atoms with van der Waals surface area (Å²) >= 11 is 0. The number of rotatable bonds is 3.